The summed E-state index contributed by atoms with van der Waals surface area (Å²) in [6, 6.07) is 3.60. The van der Waals surface area contributed by atoms with Crippen LogP contribution in [-0.2, 0) is 11.3 Å². The van der Waals surface area contributed by atoms with E-state index in [0.29, 0.717) is 23.8 Å². The molecule has 1 aromatic rings. The fraction of sp³-hybridized carbons (Fsp3) is 0.455. The number of ether oxygens (including phenoxy) is 3. The van der Waals surface area contributed by atoms with Gasteiger partial charge >= 0.3 is 0 Å². The van der Waals surface area contributed by atoms with Crippen LogP contribution in [0.25, 0.3) is 0 Å². The molecule has 8 heteroatoms. The molecular weight excluding hydrogens is 424 g/mol. The van der Waals surface area contributed by atoms with Crippen molar-refractivity contribution in [2.45, 2.75) is 24.1 Å². The first-order valence-corrected chi connectivity index (χ1v) is 10.7. The first-order chi connectivity index (χ1) is 14.1. The molecule has 1 aromatic carbocycles. The third-order valence-electron chi connectivity index (χ3n) is 6.03. The lowest BCUT2D eigenvalue weighted by atomic mass is 9.73. The molecule has 3 atom stereocenters. The Morgan fingerprint density at radius 2 is 1.97 bits per heavy atom. The highest BCUT2D eigenvalue weighted by Crippen LogP contribution is 2.57. The van der Waals surface area contributed by atoms with Crippen LogP contribution in [0.1, 0.15) is 18.4 Å². The van der Waals surface area contributed by atoms with Crippen LogP contribution in [0, 0.1) is 11.8 Å². The van der Waals surface area contributed by atoms with E-state index in [1.54, 1.807) is 33.5 Å². The first kappa shape index (κ1) is 22.6. The van der Waals surface area contributed by atoms with Crippen LogP contribution in [-0.4, -0.2) is 44.0 Å². The van der Waals surface area contributed by atoms with E-state index in [1.165, 1.54) is 0 Å². The van der Waals surface area contributed by atoms with Gasteiger partial charge < -0.3 is 19.5 Å². The number of nitrogens with zero attached hydrogens (tertiary/aromatic N) is 1. The quantitative estimate of drug-likeness (QED) is 0.714. The van der Waals surface area contributed by atoms with Crippen molar-refractivity contribution in [3.05, 3.63) is 41.6 Å². The molecule has 1 fully saturated rings. The van der Waals surface area contributed by atoms with Gasteiger partial charge in [-0.15, -0.1) is 24.2 Å². The van der Waals surface area contributed by atoms with Crippen LogP contribution < -0.4 is 19.5 Å². The minimum absolute atomic E-state index is 0. The molecule has 1 amide bonds. The summed E-state index contributed by atoms with van der Waals surface area (Å²) < 4.78 is 16.2. The highest BCUT2D eigenvalue weighted by molar-refractivity contribution is 8.01. The second-order valence-corrected chi connectivity index (χ2v) is 8.72. The van der Waals surface area contributed by atoms with Crippen LogP contribution in [0.2, 0.25) is 0 Å². The standard InChI is InChI=1S/C22H26N2O4S.ClH/c1-26-14-10-18(27-2)15(19(11-14)28-3)12-24-21(25)16-13-29-22-8-5-4-6-20(22)23-9-7-17(16)22;/h4-6,9-11,16-17H,7-8,12-13H2,1-3H3,(H,24,25);1H. The minimum Gasteiger partial charge on any atom is -0.496 e. The molecule has 30 heavy (non-hydrogen) atoms. The molecule has 0 aromatic heterocycles. The number of benzene rings is 1. The van der Waals surface area contributed by atoms with Crippen molar-refractivity contribution in [1.29, 1.82) is 0 Å². The largest absolute Gasteiger partial charge is 0.496 e. The third kappa shape index (κ3) is 3.81. The van der Waals surface area contributed by atoms with Crippen LogP contribution >= 0.6 is 24.2 Å². The topological polar surface area (TPSA) is 69.2 Å². The van der Waals surface area contributed by atoms with Crippen molar-refractivity contribution >= 4 is 36.3 Å². The van der Waals surface area contributed by atoms with Gasteiger partial charge in [-0.1, -0.05) is 12.2 Å². The second kappa shape index (κ2) is 9.35. The number of rotatable bonds is 6. The lowest BCUT2D eigenvalue weighted by Crippen LogP contribution is -2.43. The molecule has 3 unspecified atom stereocenters. The molecule has 2 heterocycles. The number of amides is 1. The first-order valence-electron chi connectivity index (χ1n) is 9.73. The summed E-state index contributed by atoms with van der Waals surface area (Å²) in [5, 5.41) is 3.12. The van der Waals surface area contributed by atoms with Crippen molar-refractivity contribution in [3.63, 3.8) is 0 Å². The van der Waals surface area contributed by atoms with Gasteiger partial charge in [0.25, 0.3) is 0 Å². The van der Waals surface area contributed by atoms with Crippen LogP contribution in [0.3, 0.4) is 0 Å². The van der Waals surface area contributed by atoms with Gasteiger partial charge in [-0.05, 0) is 24.8 Å². The molecule has 0 saturated carbocycles. The Morgan fingerprint density at radius 1 is 1.23 bits per heavy atom. The van der Waals surface area contributed by atoms with Gasteiger partial charge in [0, 0.05) is 24.1 Å². The van der Waals surface area contributed by atoms with Gasteiger partial charge in [0.15, 0.2) is 0 Å². The average Bonchev–Trinajstić information content (AvgIpc) is 3.14. The van der Waals surface area contributed by atoms with Crippen molar-refractivity contribution < 1.29 is 19.0 Å². The fourth-order valence-electron chi connectivity index (χ4n) is 4.50. The van der Waals surface area contributed by atoms with Crippen molar-refractivity contribution in [1.82, 2.24) is 5.32 Å². The number of hydrogen-bond donors (Lipinski definition) is 1. The molecule has 3 aliphatic rings. The van der Waals surface area contributed by atoms with Gasteiger partial charge in [0.1, 0.15) is 17.2 Å². The molecule has 0 radical (unpaired) electrons. The molecule has 1 aliphatic carbocycles. The van der Waals surface area contributed by atoms with Gasteiger partial charge in [-0.3, -0.25) is 9.79 Å². The molecule has 162 valence electrons. The predicted molar refractivity (Wildman–Crippen MR) is 122 cm³/mol. The number of halogens is 1. The summed E-state index contributed by atoms with van der Waals surface area (Å²) in [6.07, 6.45) is 10.1. The van der Waals surface area contributed by atoms with Crippen LogP contribution in [0.15, 0.2) is 41.1 Å². The number of carbonyl (C=O) groups excluding carboxylic acids is 1. The Hall–Kier alpha value is -2.12. The molecule has 0 bridgehead atoms. The smallest absolute Gasteiger partial charge is 0.224 e. The summed E-state index contributed by atoms with van der Waals surface area (Å²) >= 11 is 1.88. The van der Waals surface area contributed by atoms with Crippen molar-refractivity contribution in [2.24, 2.45) is 16.8 Å². The number of hydrogen-bond acceptors (Lipinski definition) is 6. The van der Waals surface area contributed by atoms with E-state index in [-0.39, 0.29) is 34.9 Å². The highest BCUT2D eigenvalue weighted by Gasteiger charge is 2.54. The molecule has 1 spiro atoms. The lowest BCUT2D eigenvalue weighted by Gasteiger charge is -2.39. The minimum atomic E-state index is -0.0546. The van der Waals surface area contributed by atoms with E-state index in [1.807, 2.05) is 18.0 Å². The summed E-state index contributed by atoms with van der Waals surface area (Å²) in [4.78, 5) is 17.8. The normalized spacial score (nSPS) is 26.0. The fourth-order valence-corrected chi connectivity index (χ4v) is 6.32. The zero-order chi connectivity index (χ0) is 20.4. The highest BCUT2D eigenvalue weighted by atomic mass is 35.5. The summed E-state index contributed by atoms with van der Waals surface area (Å²) in [5.74, 6) is 3.01. The number of allylic oxidation sites excluding steroid dienone is 3. The van der Waals surface area contributed by atoms with Crippen molar-refractivity contribution in [3.8, 4) is 17.2 Å². The van der Waals surface area contributed by atoms with Crippen LogP contribution in [0.4, 0.5) is 0 Å². The summed E-state index contributed by atoms with van der Waals surface area (Å²) in [7, 11) is 4.80. The monoisotopic (exact) mass is 450 g/mol. The SMILES string of the molecule is COc1cc(OC)c(CNC(=O)C2CSC34CC=CC=C3N=CCC24)c(OC)c1.Cl. The van der Waals surface area contributed by atoms with E-state index in [4.69, 9.17) is 14.2 Å². The van der Waals surface area contributed by atoms with Crippen LogP contribution in [0.5, 0.6) is 17.2 Å². The molecular formula is C22H27ClN2O4S. The van der Waals surface area contributed by atoms with E-state index < -0.39 is 0 Å². The summed E-state index contributed by atoms with van der Waals surface area (Å²) in [5.41, 5.74) is 1.91. The Balaban J connectivity index is 0.00000256. The van der Waals surface area contributed by atoms with E-state index >= 15 is 0 Å². The number of methoxy groups -OCH3 is 3. The Bertz CT molecular complexity index is 876. The Kier molecular flexibility index (Phi) is 7.03. The third-order valence-corrected chi connectivity index (χ3v) is 7.75. The zero-order valence-electron chi connectivity index (χ0n) is 17.3. The number of aliphatic imine (C=N–C) groups is 1. The summed E-state index contributed by atoms with van der Waals surface area (Å²) in [6.45, 7) is 0.340. The van der Waals surface area contributed by atoms with Gasteiger partial charge in [0.05, 0.1) is 49.8 Å². The zero-order valence-corrected chi connectivity index (χ0v) is 19.0. The van der Waals surface area contributed by atoms with Gasteiger partial charge in [0.2, 0.25) is 5.91 Å². The number of nitrogens with one attached hydrogen (secondary N) is 1. The average molecular weight is 451 g/mol. The van der Waals surface area contributed by atoms with E-state index in [0.717, 1.165) is 29.9 Å². The van der Waals surface area contributed by atoms with E-state index in [9.17, 15) is 4.79 Å². The maximum atomic E-state index is 13.2. The number of carbonyl (C=O) groups is 1. The molecule has 2 aliphatic heterocycles. The van der Waals surface area contributed by atoms with Gasteiger partial charge in [-0.2, -0.15) is 0 Å². The van der Waals surface area contributed by atoms with Gasteiger partial charge in [-0.25, -0.2) is 0 Å². The second-order valence-electron chi connectivity index (χ2n) is 7.37. The lowest BCUT2D eigenvalue weighted by molar-refractivity contribution is -0.126. The maximum absolute atomic E-state index is 13.2. The Morgan fingerprint density at radius 3 is 2.63 bits per heavy atom. The van der Waals surface area contributed by atoms with E-state index in [2.05, 4.69) is 28.5 Å². The van der Waals surface area contributed by atoms with Crippen molar-refractivity contribution in [2.75, 3.05) is 27.1 Å². The maximum Gasteiger partial charge on any atom is 0.224 e. The Labute approximate surface area is 187 Å². The molecule has 1 N–H and O–H groups in total. The molecule has 4 rings (SSSR count). The molecule has 1 saturated heterocycles. The number of thioether (sulfide) groups is 1. The molecule has 6 nitrogen and oxygen atoms in total. The predicted octanol–water partition coefficient (Wildman–Crippen LogP) is 3.79.